The summed E-state index contributed by atoms with van der Waals surface area (Å²) in [6, 6.07) is 4.65. The van der Waals surface area contributed by atoms with E-state index in [0.717, 1.165) is 19.3 Å². The van der Waals surface area contributed by atoms with Gasteiger partial charge in [0.05, 0.1) is 11.9 Å². The van der Waals surface area contributed by atoms with Gasteiger partial charge in [-0.1, -0.05) is 16.9 Å². The number of hydrogen-bond donors (Lipinski definition) is 1. The SMILES string of the molecule is Cc1cc(-n2cc(C(=O)NCCC3=CCCCC3)nn2)ccc1F. The fourth-order valence-corrected chi connectivity index (χ4v) is 2.82. The normalized spacial score (nSPS) is 14.3. The van der Waals surface area contributed by atoms with Gasteiger partial charge < -0.3 is 5.32 Å². The first kappa shape index (κ1) is 16.4. The van der Waals surface area contributed by atoms with Crippen LogP contribution < -0.4 is 5.32 Å². The summed E-state index contributed by atoms with van der Waals surface area (Å²) in [5, 5.41) is 10.7. The molecule has 0 spiro atoms. The van der Waals surface area contributed by atoms with Crippen LogP contribution in [0, 0.1) is 12.7 Å². The Morgan fingerprint density at radius 3 is 3.00 bits per heavy atom. The molecule has 0 atom stereocenters. The average molecular weight is 328 g/mol. The molecule has 0 unspecified atom stereocenters. The number of allylic oxidation sites excluding steroid dienone is 1. The zero-order chi connectivity index (χ0) is 16.9. The van der Waals surface area contributed by atoms with Crippen molar-refractivity contribution >= 4 is 5.91 Å². The second-order valence-electron chi connectivity index (χ2n) is 6.10. The maximum absolute atomic E-state index is 13.3. The molecule has 0 radical (unpaired) electrons. The van der Waals surface area contributed by atoms with E-state index in [1.807, 2.05) is 0 Å². The van der Waals surface area contributed by atoms with E-state index in [2.05, 4.69) is 21.7 Å². The summed E-state index contributed by atoms with van der Waals surface area (Å²) in [5.41, 5.74) is 2.88. The molecule has 0 bridgehead atoms. The number of rotatable bonds is 5. The Kier molecular flexibility index (Phi) is 5.03. The maximum Gasteiger partial charge on any atom is 0.273 e. The number of nitrogens with one attached hydrogen (secondary N) is 1. The van der Waals surface area contributed by atoms with Crippen molar-refractivity contribution in [3.05, 3.63) is 53.1 Å². The molecular formula is C18H21FN4O. The van der Waals surface area contributed by atoms with Gasteiger partial charge >= 0.3 is 0 Å². The molecule has 0 saturated heterocycles. The van der Waals surface area contributed by atoms with Crippen LogP contribution in [0.15, 0.2) is 36.0 Å². The summed E-state index contributed by atoms with van der Waals surface area (Å²) in [4.78, 5) is 12.1. The van der Waals surface area contributed by atoms with Crippen LogP contribution in [-0.2, 0) is 0 Å². The van der Waals surface area contributed by atoms with E-state index in [1.54, 1.807) is 25.3 Å². The summed E-state index contributed by atoms with van der Waals surface area (Å²) in [6.07, 6.45) is 9.51. The molecule has 0 saturated carbocycles. The number of aryl methyl sites for hydroxylation is 1. The first-order valence-corrected chi connectivity index (χ1v) is 8.28. The van der Waals surface area contributed by atoms with E-state index in [9.17, 15) is 9.18 Å². The van der Waals surface area contributed by atoms with E-state index >= 15 is 0 Å². The van der Waals surface area contributed by atoms with Crippen LogP contribution in [0.5, 0.6) is 0 Å². The van der Waals surface area contributed by atoms with Gasteiger partial charge in [0.2, 0.25) is 0 Å². The Balaban J connectivity index is 1.59. The zero-order valence-electron chi connectivity index (χ0n) is 13.8. The van der Waals surface area contributed by atoms with Crippen molar-refractivity contribution in [1.29, 1.82) is 0 Å². The number of aromatic nitrogens is 3. The molecule has 1 aromatic carbocycles. The van der Waals surface area contributed by atoms with Gasteiger partial charge in [-0.25, -0.2) is 9.07 Å². The van der Waals surface area contributed by atoms with Crippen molar-refractivity contribution in [2.45, 2.75) is 39.0 Å². The minimum atomic E-state index is -0.270. The Morgan fingerprint density at radius 1 is 1.38 bits per heavy atom. The number of carbonyl (C=O) groups excluding carboxylic acids is 1. The van der Waals surface area contributed by atoms with Crippen molar-refractivity contribution in [2.24, 2.45) is 0 Å². The van der Waals surface area contributed by atoms with E-state index < -0.39 is 0 Å². The number of amides is 1. The Morgan fingerprint density at radius 2 is 2.25 bits per heavy atom. The second kappa shape index (κ2) is 7.38. The second-order valence-corrected chi connectivity index (χ2v) is 6.10. The number of nitrogens with zero attached hydrogens (tertiary/aromatic N) is 3. The van der Waals surface area contributed by atoms with Crippen LogP contribution in [-0.4, -0.2) is 27.4 Å². The lowest BCUT2D eigenvalue weighted by Gasteiger charge is -2.12. The summed E-state index contributed by atoms with van der Waals surface area (Å²) in [5.74, 6) is -0.509. The van der Waals surface area contributed by atoms with Crippen molar-refractivity contribution in [1.82, 2.24) is 20.3 Å². The number of hydrogen-bond acceptors (Lipinski definition) is 3. The van der Waals surface area contributed by atoms with Crippen molar-refractivity contribution in [3.8, 4) is 5.69 Å². The highest BCUT2D eigenvalue weighted by molar-refractivity contribution is 5.91. The van der Waals surface area contributed by atoms with Crippen LogP contribution in [0.3, 0.4) is 0 Å². The molecule has 1 amide bonds. The van der Waals surface area contributed by atoms with Crippen LogP contribution in [0.1, 0.15) is 48.2 Å². The third-order valence-corrected chi connectivity index (χ3v) is 4.25. The van der Waals surface area contributed by atoms with Gasteiger partial charge in [0.1, 0.15) is 5.82 Å². The van der Waals surface area contributed by atoms with Crippen molar-refractivity contribution in [2.75, 3.05) is 6.54 Å². The average Bonchev–Trinajstić information content (AvgIpc) is 3.08. The molecule has 1 aromatic heterocycles. The minimum absolute atomic E-state index is 0.239. The summed E-state index contributed by atoms with van der Waals surface area (Å²) >= 11 is 0. The van der Waals surface area contributed by atoms with Gasteiger partial charge in [0.25, 0.3) is 5.91 Å². The molecule has 1 N–H and O–H groups in total. The number of halogens is 1. The van der Waals surface area contributed by atoms with Crippen molar-refractivity contribution in [3.63, 3.8) is 0 Å². The van der Waals surface area contributed by atoms with Crippen LogP contribution >= 0.6 is 0 Å². The Hall–Kier alpha value is -2.50. The number of benzene rings is 1. The largest absolute Gasteiger partial charge is 0.350 e. The van der Waals surface area contributed by atoms with Crippen LogP contribution in [0.2, 0.25) is 0 Å². The topological polar surface area (TPSA) is 59.8 Å². The molecule has 126 valence electrons. The smallest absolute Gasteiger partial charge is 0.273 e. The lowest BCUT2D eigenvalue weighted by molar-refractivity contribution is 0.0949. The lowest BCUT2D eigenvalue weighted by atomic mass is 9.97. The number of carbonyl (C=O) groups is 1. The van der Waals surface area contributed by atoms with Gasteiger partial charge in [-0.05, 0) is 62.8 Å². The van der Waals surface area contributed by atoms with Gasteiger partial charge in [-0.3, -0.25) is 4.79 Å². The van der Waals surface area contributed by atoms with Gasteiger partial charge in [0, 0.05) is 6.54 Å². The van der Waals surface area contributed by atoms with Gasteiger partial charge in [0.15, 0.2) is 5.69 Å². The first-order valence-electron chi connectivity index (χ1n) is 8.28. The predicted octanol–water partition coefficient (Wildman–Crippen LogP) is 3.34. The highest BCUT2D eigenvalue weighted by atomic mass is 19.1. The molecule has 1 aliphatic rings. The molecule has 1 heterocycles. The molecule has 2 aromatic rings. The third-order valence-electron chi connectivity index (χ3n) is 4.25. The Bertz CT molecular complexity index is 766. The minimum Gasteiger partial charge on any atom is -0.350 e. The Labute approximate surface area is 140 Å². The molecule has 24 heavy (non-hydrogen) atoms. The molecule has 6 heteroatoms. The van der Waals surface area contributed by atoms with Crippen LogP contribution in [0.25, 0.3) is 5.69 Å². The monoisotopic (exact) mass is 328 g/mol. The predicted molar refractivity (Wildman–Crippen MR) is 89.6 cm³/mol. The van der Waals surface area contributed by atoms with E-state index in [1.165, 1.54) is 29.2 Å². The molecule has 0 aliphatic heterocycles. The van der Waals surface area contributed by atoms with Crippen molar-refractivity contribution < 1.29 is 9.18 Å². The fraction of sp³-hybridized carbons (Fsp3) is 0.389. The fourth-order valence-electron chi connectivity index (χ4n) is 2.82. The van der Waals surface area contributed by atoms with Crippen LogP contribution in [0.4, 0.5) is 4.39 Å². The van der Waals surface area contributed by atoms with E-state index in [-0.39, 0.29) is 17.4 Å². The zero-order valence-corrected chi connectivity index (χ0v) is 13.8. The van der Waals surface area contributed by atoms with Gasteiger partial charge in [-0.15, -0.1) is 5.10 Å². The first-order chi connectivity index (χ1) is 11.6. The molecule has 0 fully saturated rings. The highest BCUT2D eigenvalue weighted by Crippen LogP contribution is 2.19. The third kappa shape index (κ3) is 3.88. The molecule has 1 aliphatic carbocycles. The summed E-state index contributed by atoms with van der Waals surface area (Å²) < 4.78 is 14.8. The summed E-state index contributed by atoms with van der Waals surface area (Å²) in [6.45, 7) is 2.29. The molecule has 3 rings (SSSR count). The highest BCUT2D eigenvalue weighted by Gasteiger charge is 2.12. The molecular weight excluding hydrogens is 307 g/mol. The maximum atomic E-state index is 13.3. The molecule has 5 nitrogen and oxygen atoms in total. The van der Waals surface area contributed by atoms with E-state index in [0.29, 0.717) is 17.8 Å². The lowest BCUT2D eigenvalue weighted by Crippen LogP contribution is -2.25. The van der Waals surface area contributed by atoms with E-state index in [4.69, 9.17) is 0 Å². The quantitative estimate of drug-likeness (QED) is 0.857. The standard InChI is InChI=1S/C18H21FN4O/c1-13-11-15(7-8-16(13)19)23-12-17(21-22-23)18(24)20-10-9-14-5-3-2-4-6-14/h5,7-8,11-12H,2-4,6,9-10H2,1H3,(H,20,24). The summed E-state index contributed by atoms with van der Waals surface area (Å²) in [7, 11) is 0. The van der Waals surface area contributed by atoms with Gasteiger partial charge in [-0.2, -0.15) is 0 Å².